The van der Waals surface area contributed by atoms with Gasteiger partial charge in [-0.2, -0.15) is 9.40 Å². The van der Waals surface area contributed by atoms with Gasteiger partial charge in [0.1, 0.15) is 0 Å². The minimum absolute atomic E-state index is 0.0999. The second-order valence-electron chi connectivity index (χ2n) is 9.23. The number of rotatable bonds is 6. The Balaban J connectivity index is 1.78. The highest BCUT2D eigenvalue weighted by molar-refractivity contribution is 7.89. The topological polar surface area (TPSA) is 105 Å². The minimum Gasteiger partial charge on any atom is -0.376 e. The molecule has 0 bridgehead atoms. The normalized spacial score (nSPS) is 14.9. The van der Waals surface area contributed by atoms with Crippen LogP contribution in [0.25, 0.3) is 10.8 Å². The van der Waals surface area contributed by atoms with Gasteiger partial charge in [-0.25, -0.2) is 13.1 Å². The zero-order valence-electron chi connectivity index (χ0n) is 20.5. The number of nitrogens with one attached hydrogen (secondary N) is 1. The van der Waals surface area contributed by atoms with Crippen LogP contribution in [0.15, 0.2) is 52.2 Å². The van der Waals surface area contributed by atoms with E-state index in [1.54, 1.807) is 41.3 Å². The van der Waals surface area contributed by atoms with Gasteiger partial charge >= 0.3 is 0 Å². The monoisotopic (exact) mass is 497 g/mol. The van der Waals surface area contributed by atoms with Crippen molar-refractivity contribution >= 4 is 38.1 Å². The summed E-state index contributed by atoms with van der Waals surface area (Å²) in [6, 6.07) is 11.4. The molecule has 2 aromatic carbocycles. The van der Waals surface area contributed by atoms with Crippen molar-refractivity contribution in [2.45, 2.75) is 44.0 Å². The van der Waals surface area contributed by atoms with E-state index in [0.29, 0.717) is 35.2 Å². The summed E-state index contributed by atoms with van der Waals surface area (Å²) in [6.45, 7) is 4.63. The van der Waals surface area contributed by atoms with Crippen molar-refractivity contribution in [1.82, 2.24) is 14.1 Å². The molecule has 1 aliphatic rings. The van der Waals surface area contributed by atoms with Crippen LogP contribution in [0.1, 0.15) is 49.6 Å². The van der Waals surface area contributed by atoms with Gasteiger partial charge in [-0.15, -0.1) is 0 Å². The summed E-state index contributed by atoms with van der Waals surface area (Å²) in [6.07, 6.45) is 2.69. The second kappa shape index (κ2) is 9.79. The third-order valence-electron chi connectivity index (χ3n) is 6.18. The number of benzene rings is 2. The van der Waals surface area contributed by atoms with Crippen molar-refractivity contribution < 1.29 is 13.2 Å². The number of carbonyl (C=O) groups excluding carboxylic acids is 1. The first-order valence-electron chi connectivity index (χ1n) is 11.8. The molecule has 3 aromatic rings. The van der Waals surface area contributed by atoms with E-state index in [1.807, 2.05) is 27.9 Å². The third-order valence-corrected chi connectivity index (χ3v) is 8.08. The Morgan fingerprint density at radius 1 is 1.03 bits per heavy atom. The molecule has 2 heterocycles. The van der Waals surface area contributed by atoms with Gasteiger partial charge in [-0.05, 0) is 51.0 Å². The average molecular weight is 498 g/mol. The SMILES string of the molecule is CC(C)n1nc(C(=O)Nc2cc(S(=O)(=O)N3CCCCC3)ccc2N(C)C)c2ccccc2c1=O. The van der Waals surface area contributed by atoms with Gasteiger partial charge in [0.25, 0.3) is 11.5 Å². The first-order chi connectivity index (χ1) is 16.6. The van der Waals surface area contributed by atoms with Gasteiger partial charge in [-0.3, -0.25) is 9.59 Å². The number of sulfonamides is 1. The Morgan fingerprint density at radius 3 is 2.31 bits per heavy atom. The van der Waals surface area contributed by atoms with Crippen molar-refractivity contribution in [3.8, 4) is 0 Å². The summed E-state index contributed by atoms with van der Waals surface area (Å²) in [5, 5.41) is 8.07. The zero-order chi connectivity index (χ0) is 25.3. The molecule has 1 fully saturated rings. The van der Waals surface area contributed by atoms with E-state index in [2.05, 4.69) is 10.4 Å². The summed E-state index contributed by atoms with van der Waals surface area (Å²) >= 11 is 0. The molecule has 0 spiro atoms. The number of carbonyl (C=O) groups is 1. The van der Waals surface area contributed by atoms with Crippen LogP contribution in [-0.2, 0) is 10.0 Å². The lowest BCUT2D eigenvalue weighted by atomic mass is 10.1. The van der Waals surface area contributed by atoms with E-state index < -0.39 is 15.9 Å². The predicted octanol–water partition coefficient (Wildman–Crippen LogP) is 3.47. The van der Waals surface area contributed by atoms with Crippen LogP contribution in [0.2, 0.25) is 0 Å². The van der Waals surface area contributed by atoms with Crippen LogP contribution in [0.5, 0.6) is 0 Å². The van der Waals surface area contributed by atoms with Gasteiger partial charge in [0, 0.05) is 32.6 Å². The molecular formula is C25H31N5O4S. The van der Waals surface area contributed by atoms with Crippen LogP contribution in [0.3, 0.4) is 0 Å². The number of anilines is 2. The summed E-state index contributed by atoms with van der Waals surface area (Å²) in [5.41, 5.74) is 0.836. The molecular weight excluding hydrogens is 466 g/mol. The maximum atomic E-state index is 13.5. The fourth-order valence-electron chi connectivity index (χ4n) is 4.33. The fourth-order valence-corrected chi connectivity index (χ4v) is 5.87. The molecule has 9 nitrogen and oxygen atoms in total. The Bertz CT molecular complexity index is 1420. The number of aromatic nitrogens is 2. The molecule has 0 atom stereocenters. The second-order valence-corrected chi connectivity index (χ2v) is 11.2. The molecule has 0 aliphatic carbocycles. The van der Waals surface area contributed by atoms with Gasteiger partial charge in [-0.1, -0.05) is 24.6 Å². The molecule has 1 saturated heterocycles. The molecule has 0 radical (unpaired) electrons. The van der Waals surface area contributed by atoms with Crippen molar-refractivity contribution in [2.75, 3.05) is 37.4 Å². The van der Waals surface area contributed by atoms with Crippen LogP contribution < -0.4 is 15.8 Å². The molecule has 1 amide bonds. The van der Waals surface area contributed by atoms with E-state index in [4.69, 9.17) is 0 Å². The largest absolute Gasteiger partial charge is 0.376 e. The highest BCUT2D eigenvalue weighted by Gasteiger charge is 2.27. The number of amides is 1. The molecule has 0 unspecified atom stereocenters. The predicted molar refractivity (Wildman–Crippen MR) is 138 cm³/mol. The van der Waals surface area contributed by atoms with Crippen molar-refractivity contribution in [2.24, 2.45) is 0 Å². The Hall–Kier alpha value is -3.24. The summed E-state index contributed by atoms with van der Waals surface area (Å²) in [5.74, 6) is -0.522. The van der Waals surface area contributed by atoms with E-state index in [-0.39, 0.29) is 22.2 Å². The molecule has 35 heavy (non-hydrogen) atoms. The number of piperidine rings is 1. The lowest BCUT2D eigenvalue weighted by molar-refractivity contribution is 0.102. The smallest absolute Gasteiger partial charge is 0.276 e. The summed E-state index contributed by atoms with van der Waals surface area (Å²) in [4.78, 5) is 28.3. The van der Waals surface area contributed by atoms with E-state index in [0.717, 1.165) is 19.3 Å². The van der Waals surface area contributed by atoms with E-state index >= 15 is 0 Å². The van der Waals surface area contributed by atoms with Gasteiger partial charge in [0.15, 0.2) is 5.69 Å². The highest BCUT2D eigenvalue weighted by Crippen LogP contribution is 2.30. The zero-order valence-corrected chi connectivity index (χ0v) is 21.3. The molecule has 186 valence electrons. The molecule has 4 rings (SSSR count). The maximum absolute atomic E-state index is 13.5. The Morgan fingerprint density at radius 2 is 1.69 bits per heavy atom. The van der Waals surface area contributed by atoms with E-state index in [9.17, 15) is 18.0 Å². The van der Waals surface area contributed by atoms with E-state index in [1.165, 1.54) is 15.1 Å². The Kier molecular flexibility index (Phi) is 6.95. The Labute approximate surface area is 205 Å². The molecule has 1 aliphatic heterocycles. The number of hydrogen-bond acceptors (Lipinski definition) is 6. The van der Waals surface area contributed by atoms with Crippen molar-refractivity contribution in [3.63, 3.8) is 0 Å². The lowest BCUT2D eigenvalue weighted by Crippen LogP contribution is -2.35. The molecule has 1 N–H and O–H groups in total. The van der Waals surface area contributed by atoms with Gasteiger partial charge in [0.2, 0.25) is 10.0 Å². The molecule has 1 aromatic heterocycles. The van der Waals surface area contributed by atoms with Gasteiger partial charge in [0.05, 0.1) is 27.7 Å². The average Bonchev–Trinajstić information content (AvgIpc) is 2.84. The molecule has 10 heteroatoms. The minimum atomic E-state index is -3.68. The standard InChI is InChI=1S/C25H31N5O4S/c1-17(2)30-25(32)20-11-7-6-10-19(20)23(27-30)24(31)26-21-16-18(12-13-22(21)28(3)4)35(33,34)29-14-8-5-9-15-29/h6-7,10-13,16-17H,5,8-9,14-15H2,1-4H3,(H,26,31). The van der Waals surface area contributed by atoms with Gasteiger partial charge < -0.3 is 10.2 Å². The van der Waals surface area contributed by atoms with Crippen LogP contribution in [-0.4, -0.2) is 55.6 Å². The number of nitrogens with zero attached hydrogens (tertiary/aromatic N) is 4. The van der Waals surface area contributed by atoms with Crippen molar-refractivity contribution in [3.05, 3.63) is 58.5 Å². The first kappa shape index (κ1) is 24.9. The summed E-state index contributed by atoms with van der Waals surface area (Å²) in [7, 11) is -0.0515. The third kappa shape index (κ3) is 4.81. The number of hydrogen-bond donors (Lipinski definition) is 1. The highest BCUT2D eigenvalue weighted by atomic mass is 32.2. The van der Waals surface area contributed by atoms with Crippen LogP contribution in [0, 0.1) is 0 Å². The molecule has 0 saturated carbocycles. The lowest BCUT2D eigenvalue weighted by Gasteiger charge is -2.26. The fraction of sp³-hybridized carbons (Fsp3) is 0.400. The number of fused-ring (bicyclic) bond motifs is 1. The first-order valence-corrected chi connectivity index (χ1v) is 13.2. The van der Waals surface area contributed by atoms with Crippen LogP contribution in [0.4, 0.5) is 11.4 Å². The van der Waals surface area contributed by atoms with Crippen molar-refractivity contribution in [1.29, 1.82) is 0 Å². The quantitative estimate of drug-likeness (QED) is 0.559. The van der Waals surface area contributed by atoms with Crippen LogP contribution >= 0.6 is 0 Å². The summed E-state index contributed by atoms with van der Waals surface area (Å²) < 4.78 is 29.3. The maximum Gasteiger partial charge on any atom is 0.276 e.